The summed E-state index contributed by atoms with van der Waals surface area (Å²) in [6.07, 6.45) is 2.86. The zero-order valence-electron chi connectivity index (χ0n) is 5.57. The maximum Gasteiger partial charge on any atom is 0.129 e. The summed E-state index contributed by atoms with van der Waals surface area (Å²) in [6.45, 7) is 3.61. The van der Waals surface area contributed by atoms with Gasteiger partial charge in [-0.25, -0.2) is 4.98 Å². The average Bonchev–Trinajstić information content (AvgIpc) is 2.13. The van der Waals surface area contributed by atoms with E-state index in [0.29, 0.717) is 0 Å². The molecular weight excluding hydrogens is 116 g/mol. The summed E-state index contributed by atoms with van der Waals surface area (Å²) in [7, 11) is 0. The highest BCUT2D eigenvalue weighted by Crippen LogP contribution is 2.03. The highest BCUT2D eigenvalue weighted by molar-refractivity contribution is 4.94. The van der Waals surface area contributed by atoms with E-state index in [2.05, 4.69) is 4.98 Å². The zero-order valence-corrected chi connectivity index (χ0v) is 5.57. The maximum atomic E-state index is 9.02. The molecule has 0 bridgehead atoms. The van der Waals surface area contributed by atoms with Gasteiger partial charge in [-0.3, -0.25) is 0 Å². The molecule has 0 saturated heterocycles. The second kappa shape index (κ2) is 2.19. The lowest BCUT2D eigenvalue weighted by molar-refractivity contribution is 0.122. The van der Waals surface area contributed by atoms with Gasteiger partial charge >= 0.3 is 0 Å². The van der Waals surface area contributed by atoms with Crippen molar-refractivity contribution < 1.29 is 5.11 Å². The van der Waals surface area contributed by atoms with E-state index in [-0.39, 0.29) is 0 Å². The predicted molar refractivity (Wildman–Crippen MR) is 33.9 cm³/mol. The molecule has 9 heavy (non-hydrogen) atoms. The lowest BCUT2D eigenvalue weighted by atomic mass is 10.5. The number of nitrogens with zero attached hydrogens (tertiary/aromatic N) is 2. The highest BCUT2D eigenvalue weighted by Gasteiger charge is 1.99. The van der Waals surface area contributed by atoms with Gasteiger partial charge in [-0.15, -0.1) is 0 Å². The quantitative estimate of drug-likeness (QED) is 0.601. The Balaban J connectivity index is 2.94. The van der Waals surface area contributed by atoms with Crippen molar-refractivity contribution in [3.63, 3.8) is 0 Å². The Morgan fingerprint density at radius 3 is 2.67 bits per heavy atom. The van der Waals surface area contributed by atoms with Crippen LogP contribution < -0.4 is 0 Å². The number of aliphatic hydroxyl groups excluding tert-OH is 1. The number of aryl methyl sites for hydroxylation is 1. The lowest BCUT2D eigenvalue weighted by Gasteiger charge is -2.06. The SMILES string of the molecule is Cc1cncn1C(C)O. The molecule has 1 N–H and O–H groups in total. The lowest BCUT2D eigenvalue weighted by Crippen LogP contribution is -2.03. The first-order chi connectivity index (χ1) is 4.22. The van der Waals surface area contributed by atoms with Crippen molar-refractivity contribution in [2.45, 2.75) is 20.1 Å². The first-order valence-corrected chi connectivity index (χ1v) is 2.88. The van der Waals surface area contributed by atoms with E-state index in [4.69, 9.17) is 5.11 Å². The molecule has 0 aliphatic rings. The number of hydrogen-bond donors (Lipinski definition) is 1. The molecule has 1 unspecified atom stereocenters. The Morgan fingerprint density at radius 2 is 2.44 bits per heavy atom. The molecule has 0 fully saturated rings. The van der Waals surface area contributed by atoms with Gasteiger partial charge in [0.15, 0.2) is 0 Å². The molecule has 1 heterocycles. The summed E-state index contributed by atoms with van der Waals surface area (Å²) in [5.74, 6) is 0. The molecule has 0 saturated carbocycles. The molecule has 0 radical (unpaired) electrons. The van der Waals surface area contributed by atoms with Crippen LogP contribution in [0.1, 0.15) is 18.8 Å². The van der Waals surface area contributed by atoms with Crippen molar-refractivity contribution in [1.29, 1.82) is 0 Å². The number of rotatable bonds is 1. The van der Waals surface area contributed by atoms with Crippen LogP contribution in [0.4, 0.5) is 0 Å². The molecule has 3 heteroatoms. The maximum absolute atomic E-state index is 9.02. The third kappa shape index (κ3) is 1.10. The van der Waals surface area contributed by atoms with Crippen molar-refractivity contribution in [2.24, 2.45) is 0 Å². The summed E-state index contributed by atoms with van der Waals surface area (Å²) in [5, 5.41) is 9.02. The Kier molecular flexibility index (Phi) is 1.53. The fourth-order valence-corrected chi connectivity index (χ4v) is 0.762. The summed E-state index contributed by atoms with van der Waals surface area (Å²) >= 11 is 0. The van der Waals surface area contributed by atoms with Crippen LogP contribution in [0.2, 0.25) is 0 Å². The molecule has 1 aromatic heterocycles. The molecule has 50 valence electrons. The zero-order chi connectivity index (χ0) is 6.85. The minimum absolute atomic E-state index is 0.465. The molecule has 0 aliphatic heterocycles. The Labute approximate surface area is 54.0 Å². The van der Waals surface area contributed by atoms with E-state index in [0.717, 1.165) is 5.69 Å². The fraction of sp³-hybridized carbons (Fsp3) is 0.500. The Morgan fingerprint density at radius 1 is 1.78 bits per heavy atom. The van der Waals surface area contributed by atoms with Gasteiger partial charge in [0.05, 0.1) is 6.33 Å². The number of aromatic nitrogens is 2. The van der Waals surface area contributed by atoms with Gasteiger partial charge < -0.3 is 9.67 Å². The van der Waals surface area contributed by atoms with Crippen LogP contribution >= 0.6 is 0 Å². The van der Waals surface area contributed by atoms with Gasteiger partial charge in [-0.2, -0.15) is 0 Å². The minimum atomic E-state index is -0.465. The Bertz CT molecular complexity index is 193. The molecule has 3 nitrogen and oxygen atoms in total. The van der Waals surface area contributed by atoms with E-state index >= 15 is 0 Å². The summed E-state index contributed by atoms with van der Waals surface area (Å²) < 4.78 is 1.69. The smallest absolute Gasteiger partial charge is 0.129 e. The fourth-order valence-electron chi connectivity index (χ4n) is 0.762. The topological polar surface area (TPSA) is 38.0 Å². The third-order valence-electron chi connectivity index (χ3n) is 1.26. The van der Waals surface area contributed by atoms with Crippen LogP contribution in [-0.2, 0) is 0 Å². The molecule has 1 aromatic rings. The van der Waals surface area contributed by atoms with Gasteiger partial charge in [-0.05, 0) is 13.8 Å². The van der Waals surface area contributed by atoms with Crippen LogP contribution in [0.5, 0.6) is 0 Å². The summed E-state index contributed by atoms with van der Waals surface area (Å²) in [5.41, 5.74) is 0.977. The number of imidazole rings is 1. The largest absolute Gasteiger partial charge is 0.374 e. The highest BCUT2D eigenvalue weighted by atomic mass is 16.3. The van der Waals surface area contributed by atoms with E-state index in [1.165, 1.54) is 0 Å². The van der Waals surface area contributed by atoms with Crippen LogP contribution in [0, 0.1) is 6.92 Å². The molecule has 0 aliphatic carbocycles. The molecule has 0 aromatic carbocycles. The van der Waals surface area contributed by atoms with Gasteiger partial charge in [0, 0.05) is 11.9 Å². The second-order valence-corrected chi connectivity index (χ2v) is 2.07. The minimum Gasteiger partial charge on any atom is -0.374 e. The first kappa shape index (κ1) is 6.29. The standard InChI is InChI=1S/C6H10N2O/c1-5-3-7-4-8(5)6(2)9/h3-4,6,9H,1-2H3. The van der Waals surface area contributed by atoms with Crippen molar-refractivity contribution in [3.05, 3.63) is 18.2 Å². The molecule has 1 rings (SSSR count). The second-order valence-electron chi connectivity index (χ2n) is 2.07. The van der Waals surface area contributed by atoms with Gasteiger partial charge in [0.25, 0.3) is 0 Å². The van der Waals surface area contributed by atoms with Crippen molar-refractivity contribution >= 4 is 0 Å². The molecular formula is C6H10N2O. The number of aliphatic hydroxyl groups is 1. The molecule has 0 amide bonds. The van der Waals surface area contributed by atoms with Crippen LogP contribution in [-0.4, -0.2) is 14.7 Å². The Hall–Kier alpha value is -0.830. The van der Waals surface area contributed by atoms with Crippen molar-refractivity contribution in [3.8, 4) is 0 Å². The van der Waals surface area contributed by atoms with Crippen LogP contribution in [0.3, 0.4) is 0 Å². The van der Waals surface area contributed by atoms with E-state index in [1.807, 2.05) is 6.92 Å². The van der Waals surface area contributed by atoms with Crippen molar-refractivity contribution in [2.75, 3.05) is 0 Å². The van der Waals surface area contributed by atoms with Crippen LogP contribution in [0.15, 0.2) is 12.5 Å². The van der Waals surface area contributed by atoms with Crippen LogP contribution in [0.25, 0.3) is 0 Å². The van der Waals surface area contributed by atoms with Gasteiger partial charge in [0.2, 0.25) is 0 Å². The monoisotopic (exact) mass is 126 g/mol. The summed E-state index contributed by atoms with van der Waals surface area (Å²) in [4.78, 5) is 3.85. The normalized spacial score (nSPS) is 13.7. The van der Waals surface area contributed by atoms with E-state index < -0.39 is 6.23 Å². The first-order valence-electron chi connectivity index (χ1n) is 2.88. The average molecular weight is 126 g/mol. The molecule has 1 atom stereocenters. The van der Waals surface area contributed by atoms with Gasteiger partial charge in [-0.1, -0.05) is 0 Å². The molecule has 0 spiro atoms. The van der Waals surface area contributed by atoms with Crippen molar-refractivity contribution in [1.82, 2.24) is 9.55 Å². The van der Waals surface area contributed by atoms with E-state index in [9.17, 15) is 0 Å². The van der Waals surface area contributed by atoms with Gasteiger partial charge in [0.1, 0.15) is 6.23 Å². The van der Waals surface area contributed by atoms with E-state index in [1.54, 1.807) is 24.0 Å². The predicted octanol–water partition coefficient (Wildman–Crippen LogP) is 0.702. The number of hydrogen-bond acceptors (Lipinski definition) is 2. The summed E-state index contributed by atoms with van der Waals surface area (Å²) in [6, 6.07) is 0. The third-order valence-corrected chi connectivity index (χ3v) is 1.26.